The van der Waals surface area contributed by atoms with Crippen molar-refractivity contribution in [3.63, 3.8) is 0 Å². The van der Waals surface area contributed by atoms with E-state index in [1.165, 1.54) is 0 Å². The summed E-state index contributed by atoms with van der Waals surface area (Å²) in [5.41, 5.74) is -0.579. The Morgan fingerprint density at radius 3 is 2.67 bits per heavy atom. The second-order valence-corrected chi connectivity index (χ2v) is 4.41. The summed E-state index contributed by atoms with van der Waals surface area (Å²) < 4.78 is 1.75. The highest BCUT2D eigenvalue weighted by Crippen LogP contribution is 2.28. The number of carbonyl (C=O) groups excluding carboxylic acids is 2. The van der Waals surface area contributed by atoms with E-state index in [0.29, 0.717) is 10.5 Å². The molecule has 7 heteroatoms. The van der Waals surface area contributed by atoms with Gasteiger partial charge in [0.2, 0.25) is 0 Å². The van der Waals surface area contributed by atoms with Crippen molar-refractivity contribution >= 4 is 17.9 Å². The Balaban J connectivity index is 2.34. The first-order valence-electron chi connectivity index (χ1n) is 5.33. The molecule has 0 spiro atoms. The van der Waals surface area contributed by atoms with Gasteiger partial charge < -0.3 is 15.0 Å². The first-order valence-corrected chi connectivity index (χ1v) is 5.33. The summed E-state index contributed by atoms with van der Waals surface area (Å²) in [4.78, 5) is 35.1. The number of hydrogen-bond donors (Lipinski definition) is 2. The number of urea groups is 1. The number of aryl methyl sites for hydroxylation is 1. The Kier molecular flexibility index (Phi) is 2.61. The summed E-state index contributed by atoms with van der Waals surface area (Å²) in [5, 5.41) is 11.2. The van der Waals surface area contributed by atoms with E-state index in [2.05, 4.69) is 5.32 Å². The van der Waals surface area contributed by atoms with Crippen LogP contribution < -0.4 is 5.32 Å². The zero-order valence-electron chi connectivity index (χ0n) is 10.0. The Labute approximate surface area is 103 Å². The van der Waals surface area contributed by atoms with Crippen LogP contribution in [-0.4, -0.2) is 39.0 Å². The molecule has 1 aromatic heterocycles. The van der Waals surface area contributed by atoms with Crippen LogP contribution in [0.4, 0.5) is 4.79 Å². The maximum absolute atomic E-state index is 12.2. The van der Waals surface area contributed by atoms with Gasteiger partial charge in [-0.15, -0.1) is 0 Å². The highest BCUT2D eigenvalue weighted by atomic mass is 16.4. The van der Waals surface area contributed by atoms with Crippen LogP contribution in [0.2, 0.25) is 0 Å². The summed E-state index contributed by atoms with van der Waals surface area (Å²) in [5.74, 6) is -1.78. The third-order valence-corrected chi connectivity index (χ3v) is 2.98. The third kappa shape index (κ3) is 1.73. The molecule has 1 saturated heterocycles. The smallest absolute Gasteiger partial charge is 0.325 e. The normalized spacial score (nSPS) is 23.3. The standard InChI is InChI=1S/C11H13N3O4/c1-11(7-3-4-13(2)5-7)9(17)14(6-8(15)16)10(18)12-11/h3-5H,6H2,1-2H3,(H,12,18)(H,15,16). The Hall–Kier alpha value is -2.31. The lowest BCUT2D eigenvalue weighted by atomic mass is 9.95. The zero-order valence-corrected chi connectivity index (χ0v) is 10.0. The highest BCUT2D eigenvalue weighted by Gasteiger charge is 2.49. The number of hydrogen-bond acceptors (Lipinski definition) is 3. The molecule has 1 aliphatic heterocycles. The van der Waals surface area contributed by atoms with Crippen LogP contribution in [-0.2, 0) is 22.2 Å². The number of nitrogens with zero attached hydrogens (tertiary/aromatic N) is 2. The van der Waals surface area contributed by atoms with E-state index in [4.69, 9.17) is 5.11 Å². The van der Waals surface area contributed by atoms with Crippen LogP contribution in [0.25, 0.3) is 0 Å². The van der Waals surface area contributed by atoms with Crippen LogP contribution >= 0.6 is 0 Å². The molecule has 96 valence electrons. The van der Waals surface area contributed by atoms with Crippen molar-refractivity contribution in [3.05, 3.63) is 24.0 Å². The summed E-state index contributed by atoms with van der Waals surface area (Å²) >= 11 is 0. The molecule has 18 heavy (non-hydrogen) atoms. The van der Waals surface area contributed by atoms with Crippen LogP contribution in [0.1, 0.15) is 12.5 Å². The van der Waals surface area contributed by atoms with Crippen molar-refractivity contribution in [1.82, 2.24) is 14.8 Å². The lowest BCUT2D eigenvalue weighted by Gasteiger charge is -2.20. The topological polar surface area (TPSA) is 91.6 Å². The van der Waals surface area contributed by atoms with E-state index >= 15 is 0 Å². The van der Waals surface area contributed by atoms with Gasteiger partial charge in [-0.25, -0.2) is 4.79 Å². The molecule has 0 radical (unpaired) electrons. The van der Waals surface area contributed by atoms with Gasteiger partial charge in [-0.05, 0) is 13.0 Å². The first kappa shape index (κ1) is 12.2. The minimum Gasteiger partial charge on any atom is -0.480 e. The van der Waals surface area contributed by atoms with Gasteiger partial charge in [-0.1, -0.05) is 0 Å². The van der Waals surface area contributed by atoms with Gasteiger partial charge in [-0.3, -0.25) is 14.5 Å². The number of carbonyl (C=O) groups is 3. The summed E-state index contributed by atoms with van der Waals surface area (Å²) in [6.45, 7) is 0.928. The third-order valence-electron chi connectivity index (χ3n) is 2.98. The van der Waals surface area contributed by atoms with Crippen molar-refractivity contribution < 1.29 is 19.5 Å². The maximum atomic E-state index is 12.2. The predicted molar refractivity (Wildman–Crippen MR) is 60.6 cm³/mol. The molecule has 0 saturated carbocycles. The van der Waals surface area contributed by atoms with Crippen LogP contribution in [0.3, 0.4) is 0 Å². The number of imide groups is 1. The van der Waals surface area contributed by atoms with Crippen molar-refractivity contribution in [3.8, 4) is 0 Å². The molecule has 1 atom stereocenters. The Bertz CT molecular complexity index is 536. The summed E-state index contributed by atoms with van der Waals surface area (Å²) in [7, 11) is 1.79. The van der Waals surface area contributed by atoms with Crippen molar-refractivity contribution in [1.29, 1.82) is 0 Å². The minimum atomic E-state index is -1.23. The van der Waals surface area contributed by atoms with E-state index in [9.17, 15) is 14.4 Å². The Morgan fingerprint density at radius 2 is 2.17 bits per heavy atom. The largest absolute Gasteiger partial charge is 0.480 e. The van der Waals surface area contributed by atoms with Crippen LogP contribution in [0.15, 0.2) is 18.5 Å². The molecule has 0 aromatic carbocycles. The predicted octanol–water partition coefficient (Wildman–Crippen LogP) is -0.123. The fraction of sp³-hybridized carbons (Fsp3) is 0.364. The maximum Gasteiger partial charge on any atom is 0.325 e. The second kappa shape index (κ2) is 3.86. The number of aromatic nitrogens is 1. The molecular weight excluding hydrogens is 238 g/mol. The van der Waals surface area contributed by atoms with Crippen molar-refractivity contribution in [2.45, 2.75) is 12.5 Å². The average Bonchev–Trinajstić information content (AvgIpc) is 2.78. The van der Waals surface area contributed by atoms with Crippen LogP contribution in [0, 0.1) is 0 Å². The second-order valence-electron chi connectivity index (χ2n) is 4.41. The van der Waals surface area contributed by atoms with E-state index in [-0.39, 0.29) is 0 Å². The average molecular weight is 251 g/mol. The molecule has 3 amide bonds. The molecule has 2 rings (SSSR count). The van der Waals surface area contributed by atoms with Gasteiger partial charge in [0.15, 0.2) is 0 Å². The first-order chi connectivity index (χ1) is 8.34. The fourth-order valence-corrected chi connectivity index (χ4v) is 1.97. The highest BCUT2D eigenvalue weighted by molar-refractivity contribution is 6.08. The van der Waals surface area contributed by atoms with E-state index in [0.717, 1.165) is 0 Å². The Morgan fingerprint density at radius 1 is 1.50 bits per heavy atom. The zero-order chi connectivity index (χ0) is 13.5. The van der Waals surface area contributed by atoms with Gasteiger partial charge in [0, 0.05) is 25.0 Å². The van der Waals surface area contributed by atoms with Crippen LogP contribution in [0.5, 0.6) is 0 Å². The molecule has 1 aromatic rings. The quantitative estimate of drug-likeness (QED) is 0.732. The number of carboxylic acid groups (broad SMARTS) is 1. The monoisotopic (exact) mass is 251 g/mol. The van der Waals surface area contributed by atoms with E-state index in [1.54, 1.807) is 37.0 Å². The summed E-state index contributed by atoms with van der Waals surface area (Å²) in [6.07, 6.45) is 3.46. The van der Waals surface area contributed by atoms with Gasteiger partial charge >= 0.3 is 12.0 Å². The van der Waals surface area contributed by atoms with E-state index < -0.39 is 30.0 Å². The van der Waals surface area contributed by atoms with E-state index in [1.807, 2.05) is 0 Å². The van der Waals surface area contributed by atoms with Crippen molar-refractivity contribution in [2.24, 2.45) is 7.05 Å². The number of aliphatic carboxylic acids is 1. The van der Waals surface area contributed by atoms with Gasteiger partial charge in [0.25, 0.3) is 5.91 Å². The molecule has 1 fully saturated rings. The van der Waals surface area contributed by atoms with Gasteiger partial charge in [0.05, 0.1) is 0 Å². The molecule has 2 N–H and O–H groups in total. The molecule has 0 aliphatic carbocycles. The number of rotatable bonds is 3. The molecule has 1 aliphatic rings. The van der Waals surface area contributed by atoms with Crippen molar-refractivity contribution in [2.75, 3.05) is 6.54 Å². The lowest BCUT2D eigenvalue weighted by Crippen LogP contribution is -2.41. The summed E-state index contributed by atoms with van der Waals surface area (Å²) in [6, 6.07) is 1.02. The lowest BCUT2D eigenvalue weighted by molar-refractivity contribution is -0.142. The number of amides is 3. The SMILES string of the molecule is Cn1ccc(C2(C)NC(=O)N(CC(=O)O)C2=O)c1. The molecule has 2 heterocycles. The fourth-order valence-electron chi connectivity index (χ4n) is 1.97. The number of nitrogens with one attached hydrogen (secondary N) is 1. The van der Waals surface area contributed by atoms with Gasteiger partial charge in [-0.2, -0.15) is 0 Å². The van der Waals surface area contributed by atoms with Gasteiger partial charge in [0.1, 0.15) is 12.1 Å². The molecule has 7 nitrogen and oxygen atoms in total. The number of carboxylic acids is 1. The molecular formula is C11H13N3O4. The molecule has 1 unspecified atom stereocenters. The molecule has 0 bridgehead atoms. The minimum absolute atomic E-state index is 0.555.